The molecule has 1 spiro atoms. The van der Waals surface area contributed by atoms with Crippen LogP contribution >= 0.6 is 0 Å². The quantitative estimate of drug-likeness (QED) is 0.701. The van der Waals surface area contributed by atoms with Gasteiger partial charge in [0.2, 0.25) is 11.8 Å². The van der Waals surface area contributed by atoms with Crippen molar-refractivity contribution in [3.8, 4) is 5.75 Å². The number of hydrogen-bond acceptors (Lipinski definition) is 6. The minimum absolute atomic E-state index is 0.0805. The first-order valence-electron chi connectivity index (χ1n) is 11.2. The van der Waals surface area contributed by atoms with Crippen molar-refractivity contribution < 1.29 is 19.1 Å². The number of benzene rings is 1. The lowest BCUT2D eigenvalue weighted by Gasteiger charge is -2.36. The molecule has 4 rings (SSSR count). The van der Waals surface area contributed by atoms with Crippen LogP contribution in [0.15, 0.2) is 46.6 Å². The number of aromatic nitrogens is 1. The number of fused-ring (bicyclic) bond motifs is 4. The lowest BCUT2D eigenvalue weighted by Crippen LogP contribution is -2.52. The number of para-hydroxylation sites is 1. The normalized spacial score (nSPS) is 19.1. The SMILES string of the molecule is CCOC(=O)C1=C(N)Oc2cc(C)n(CC)c(=O)c2[C@]12C(=O)N(CC(C)C)c1ccccc12. The molecule has 0 radical (unpaired) electrons. The molecular weight excluding hydrogens is 422 g/mol. The van der Waals surface area contributed by atoms with Crippen LogP contribution in [0.1, 0.15) is 44.5 Å². The highest BCUT2D eigenvalue weighted by atomic mass is 16.5. The highest BCUT2D eigenvalue weighted by Crippen LogP contribution is 2.54. The topological polar surface area (TPSA) is 104 Å². The molecule has 2 aliphatic rings. The Morgan fingerprint density at radius 1 is 1.21 bits per heavy atom. The number of pyridine rings is 1. The Hall–Kier alpha value is -3.55. The second-order valence-electron chi connectivity index (χ2n) is 8.71. The number of nitrogens with two attached hydrogens (primary N) is 1. The molecule has 0 aliphatic carbocycles. The van der Waals surface area contributed by atoms with Crippen LogP contribution in [0.2, 0.25) is 0 Å². The van der Waals surface area contributed by atoms with Crippen LogP contribution in [-0.2, 0) is 26.3 Å². The molecule has 1 aromatic carbocycles. The van der Waals surface area contributed by atoms with Crippen LogP contribution in [-0.4, -0.2) is 29.6 Å². The molecule has 3 heterocycles. The zero-order valence-electron chi connectivity index (χ0n) is 19.6. The van der Waals surface area contributed by atoms with E-state index in [4.69, 9.17) is 15.2 Å². The molecule has 174 valence electrons. The predicted molar refractivity (Wildman–Crippen MR) is 124 cm³/mol. The molecular formula is C25H29N3O5. The Bertz CT molecular complexity index is 1240. The van der Waals surface area contributed by atoms with Gasteiger partial charge in [0.25, 0.3) is 5.56 Å². The maximum Gasteiger partial charge on any atom is 0.341 e. The van der Waals surface area contributed by atoms with E-state index in [9.17, 15) is 14.4 Å². The average molecular weight is 452 g/mol. The molecule has 2 aromatic rings. The van der Waals surface area contributed by atoms with Crippen molar-refractivity contribution >= 4 is 17.6 Å². The summed E-state index contributed by atoms with van der Waals surface area (Å²) in [4.78, 5) is 43.1. The van der Waals surface area contributed by atoms with E-state index in [1.54, 1.807) is 41.5 Å². The smallest absolute Gasteiger partial charge is 0.341 e. The molecule has 8 nitrogen and oxygen atoms in total. The fourth-order valence-corrected chi connectivity index (χ4v) is 4.98. The van der Waals surface area contributed by atoms with Gasteiger partial charge in [-0.3, -0.25) is 9.59 Å². The number of carbonyl (C=O) groups is 2. The van der Waals surface area contributed by atoms with E-state index >= 15 is 0 Å². The highest BCUT2D eigenvalue weighted by Gasteiger charge is 2.62. The summed E-state index contributed by atoms with van der Waals surface area (Å²) in [5.74, 6) is -1.09. The molecule has 0 saturated heterocycles. The summed E-state index contributed by atoms with van der Waals surface area (Å²) >= 11 is 0. The van der Waals surface area contributed by atoms with Gasteiger partial charge in [-0.1, -0.05) is 32.0 Å². The third kappa shape index (κ3) is 3.08. The van der Waals surface area contributed by atoms with Crippen LogP contribution in [0, 0.1) is 12.8 Å². The van der Waals surface area contributed by atoms with Crippen LogP contribution < -0.4 is 20.9 Å². The molecule has 1 atom stereocenters. The first-order chi connectivity index (χ1) is 15.7. The molecule has 33 heavy (non-hydrogen) atoms. The van der Waals surface area contributed by atoms with Crippen molar-refractivity contribution in [3.63, 3.8) is 0 Å². The van der Waals surface area contributed by atoms with Gasteiger partial charge in [-0.2, -0.15) is 0 Å². The number of esters is 1. The Kier molecular flexibility index (Phi) is 5.56. The average Bonchev–Trinajstić information content (AvgIpc) is 2.97. The molecule has 0 bridgehead atoms. The van der Waals surface area contributed by atoms with Gasteiger partial charge in [-0.15, -0.1) is 0 Å². The number of ether oxygens (including phenoxy) is 2. The van der Waals surface area contributed by atoms with Crippen molar-refractivity contribution in [3.05, 3.63) is 69.0 Å². The van der Waals surface area contributed by atoms with Crippen molar-refractivity contribution in [2.24, 2.45) is 11.7 Å². The van der Waals surface area contributed by atoms with E-state index in [2.05, 4.69) is 0 Å². The summed E-state index contributed by atoms with van der Waals surface area (Å²) in [6.45, 7) is 10.2. The Morgan fingerprint density at radius 3 is 2.55 bits per heavy atom. The van der Waals surface area contributed by atoms with E-state index < -0.39 is 22.9 Å². The predicted octanol–water partition coefficient (Wildman–Crippen LogP) is 2.59. The summed E-state index contributed by atoms with van der Waals surface area (Å²) in [6.07, 6.45) is 0. The molecule has 2 N–H and O–H groups in total. The van der Waals surface area contributed by atoms with Gasteiger partial charge in [-0.05, 0) is 32.8 Å². The molecule has 0 saturated carbocycles. The number of aryl methyl sites for hydroxylation is 1. The van der Waals surface area contributed by atoms with E-state index in [1.165, 1.54) is 0 Å². The monoisotopic (exact) mass is 451 g/mol. The van der Waals surface area contributed by atoms with Gasteiger partial charge in [0.1, 0.15) is 16.7 Å². The highest BCUT2D eigenvalue weighted by molar-refractivity contribution is 6.18. The molecule has 2 aliphatic heterocycles. The summed E-state index contributed by atoms with van der Waals surface area (Å²) in [6, 6.07) is 8.90. The fraction of sp³-hybridized carbons (Fsp3) is 0.400. The van der Waals surface area contributed by atoms with Crippen LogP contribution in [0.3, 0.4) is 0 Å². The van der Waals surface area contributed by atoms with Crippen molar-refractivity contribution in [2.75, 3.05) is 18.1 Å². The second-order valence-corrected chi connectivity index (χ2v) is 8.71. The summed E-state index contributed by atoms with van der Waals surface area (Å²) in [5, 5.41) is 0. The molecule has 0 fully saturated rings. The van der Waals surface area contributed by atoms with E-state index in [-0.39, 0.29) is 35.3 Å². The summed E-state index contributed by atoms with van der Waals surface area (Å²) in [5.41, 5.74) is 5.92. The van der Waals surface area contributed by atoms with Gasteiger partial charge < -0.3 is 24.7 Å². The minimum atomic E-state index is -1.75. The van der Waals surface area contributed by atoms with Crippen molar-refractivity contribution in [1.29, 1.82) is 0 Å². The summed E-state index contributed by atoms with van der Waals surface area (Å²) in [7, 11) is 0. The van der Waals surface area contributed by atoms with Crippen molar-refractivity contribution in [1.82, 2.24) is 4.57 Å². The lowest BCUT2D eigenvalue weighted by molar-refractivity contribution is -0.140. The lowest BCUT2D eigenvalue weighted by atomic mass is 9.68. The zero-order chi connectivity index (χ0) is 24.1. The number of hydrogen-bond donors (Lipinski definition) is 1. The largest absolute Gasteiger partial charge is 0.462 e. The van der Waals surface area contributed by atoms with Gasteiger partial charge in [0.15, 0.2) is 0 Å². The second kappa shape index (κ2) is 8.10. The van der Waals surface area contributed by atoms with Crippen LogP contribution in [0.25, 0.3) is 0 Å². The number of carbonyl (C=O) groups excluding carboxylic acids is 2. The third-order valence-corrected chi connectivity index (χ3v) is 6.20. The van der Waals surface area contributed by atoms with Crippen LogP contribution in [0.4, 0.5) is 5.69 Å². The fourth-order valence-electron chi connectivity index (χ4n) is 4.98. The van der Waals surface area contributed by atoms with Gasteiger partial charge >= 0.3 is 5.97 Å². The molecule has 0 unspecified atom stereocenters. The number of rotatable bonds is 5. The van der Waals surface area contributed by atoms with E-state index in [0.717, 1.165) is 0 Å². The number of anilines is 1. The maximum absolute atomic E-state index is 14.4. The van der Waals surface area contributed by atoms with Crippen molar-refractivity contribution in [2.45, 2.75) is 46.6 Å². The molecule has 1 amide bonds. The summed E-state index contributed by atoms with van der Waals surface area (Å²) < 4.78 is 12.7. The zero-order valence-corrected chi connectivity index (χ0v) is 19.6. The number of amides is 1. The van der Waals surface area contributed by atoms with E-state index in [0.29, 0.717) is 30.0 Å². The van der Waals surface area contributed by atoms with Gasteiger partial charge in [0, 0.05) is 36.1 Å². The molecule has 1 aromatic heterocycles. The number of nitrogens with zero attached hydrogens (tertiary/aromatic N) is 2. The third-order valence-electron chi connectivity index (χ3n) is 6.20. The minimum Gasteiger partial charge on any atom is -0.462 e. The maximum atomic E-state index is 14.4. The van der Waals surface area contributed by atoms with E-state index in [1.807, 2.05) is 32.9 Å². The Morgan fingerprint density at radius 2 is 1.91 bits per heavy atom. The molecule has 8 heteroatoms. The van der Waals surface area contributed by atoms with Crippen LogP contribution in [0.5, 0.6) is 5.75 Å². The Balaban J connectivity index is 2.18. The van der Waals surface area contributed by atoms with Gasteiger partial charge in [-0.25, -0.2) is 4.79 Å². The first kappa shape index (κ1) is 22.6. The first-order valence-corrected chi connectivity index (χ1v) is 11.2. The Labute approximate surface area is 192 Å². The van der Waals surface area contributed by atoms with Gasteiger partial charge in [0.05, 0.1) is 12.2 Å². The standard InChI is InChI=1S/C25H29N3O5/c1-6-27-15(5)12-18-19(22(27)29)25(20(21(26)33-18)23(30)32-7-2)16-10-8-9-11-17(16)28(24(25)31)13-14(3)4/h8-12,14H,6-7,13,26H2,1-5H3/t25-/m0/s1.